The SMILES string of the molecule is Cc1ccc(-c2nc3cc(NCc4cccc(Br)c4)ccc3o2)cc1. The number of hydrogen-bond acceptors (Lipinski definition) is 3. The normalized spacial score (nSPS) is 11.0. The van der Waals surface area contributed by atoms with Crippen LogP contribution in [0.5, 0.6) is 0 Å². The molecule has 0 saturated carbocycles. The Morgan fingerprint density at radius 1 is 1.00 bits per heavy atom. The smallest absolute Gasteiger partial charge is 0.227 e. The molecule has 0 fully saturated rings. The molecule has 1 aromatic heterocycles. The van der Waals surface area contributed by atoms with E-state index < -0.39 is 0 Å². The van der Waals surface area contributed by atoms with E-state index in [1.165, 1.54) is 11.1 Å². The number of hydrogen-bond donors (Lipinski definition) is 1. The van der Waals surface area contributed by atoms with Gasteiger partial charge in [-0.15, -0.1) is 0 Å². The van der Waals surface area contributed by atoms with Gasteiger partial charge in [-0.3, -0.25) is 0 Å². The number of oxazole rings is 1. The van der Waals surface area contributed by atoms with E-state index in [0.717, 1.165) is 33.4 Å². The molecule has 0 bridgehead atoms. The van der Waals surface area contributed by atoms with Gasteiger partial charge in [0.1, 0.15) is 5.52 Å². The van der Waals surface area contributed by atoms with Crippen LogP contribution in [-0.4, -0.2) is 4.98 Å². The van der Waals surface area contributed by atoms with Crippen molar-refractivity contribution in [2.24, 2.45) is 0 Å². The van der Waals surface area contributed by atoms with E-state index in [1.807, 2.05) is 42.5 Å². The van der Waals surface area contributed by atoms with Crippen LogP contribution in [0.3, 0.4) is 0 Å². The Bertz CT molecular complexity index is 1020. The summed E-state index contributed by atoms with van der Waals surface area (Å²) in [6.07, 6.45) is 0. The van der Waals surface area contributed by atoms with Gasteiger partial charge in [-0.25, -0.2) is 4.98 Å². The fourth-order valence-corrected chi connectivity index (χ4v) is 3.15. The Labute approximate surface area is 154 Å². The fourth-order valence-electron chi connectivity index (χ4n) is 2.71. The Morgan fingerprint density at radius 2 is 1.84 bits per heavy atom. The van der Waals surface area contributed by atoms with Gasteiger partial charge in [-0.05, 0) is 55.0 Å². The predicted octanol–water partition coefficient (Wildman–Crippen LogP) is 6.18. The van der Waals surface area contributed by atoms with Crippen molar-refractivity contribution >= 4 is 32.7 Å². The lowest BCUT2D eigenvalue weighted by Gasteiger charge is -2.06. The van der Waals surface area contributed by atoms with Crippen LogP contribution in [0.1, 0.15) is 11.1 Å². The summed E-state index contributed by atoms with van der Waals surface area (Å²) in [6.45, 7) is 2.83. The summed E-state index contributed by atoms with van der Waals surface area (Å²) < 4.78 is 6.97. The Hall–Kier alpha value is -2.59. The number of fused-ring (bicyclic) bond motifs is 1. The van der Waals surface area contributed by atoms with Gasteiger partial charge >= 0.3 is 0 Å². The summed E-state index contributed by atoms with van der Waals surface area (Å²) in [6, 6.07) is 22.5. The van der Waals surface area contributed by atoms with Crippen molar-refractivity contribution in [3.63, 3.8) is 0 Å². The number of anilines is 1. The minimum absolute atomic E-state index is 0.652. The molecule has 0 amide bonds. The number of halogens is 1. The van der Waals surface area contributed by atoms with Gasteiger partial charge in [0.15, 0.2) is 5.58 Å². The van der Waals surface area contributed by atoms with Crippen molar-refractivity contribution in [3.05, 3.63) is 82.3 Å². The molecule has 0 radical (unpaired) electrons. The molecule has 25 heavy (non-hydrogen) atoms. The Balaban J connectivity index is 1.56. The van der Waals surface area contributed by atoms with E-state index in [0.29, 0.717) is 5.89 Å². The van der Waals surface area contributed by atoms with E-state index in [4.69, 9.17) is 4.42 Å². The zero-order chi connectivity index (χ0) is 17.2. The molecule has 4 rings (SSSR count). The molecule has 0 saturated heterocycles. The highest BCUT2D eigenvalue weighted by atomic mass is 79.9. The molecule has 0 atom stereocenters. The third-order valence-electron chi connectivity index (χ3n) is 4.07. The Morgan fingerprint density at radius 3 is 2.64 bits per heavy atom. The number of aryl methyl sites for hydroxylation is 1. The van der Waals surface area contributed by atoms with Gasteiger partial charge < -0.3 is 9.73 Å². The summed E-state index contributed by atoms with van der Waals surface area (Å²) in [4.78, 5) is 4.63. The number of aromatic nitrogens is 1. The van der Waals surface area contributed by atoms with Crippen LogP contribution in [0.25, 0.3) is 22.6 Å². The van der Waals surface area contributed by atoms with Crippen molar-refractivity contribution in [2.45, 2.75) is 13.5 Å². The zero-order valence-electron chi connectivity index (χ0n) is 13.8. The first kappa shape index (κ1) is 15.9. The lowest BCUT2D eigenvalue weighted by Crippen LogP contribution is -1.98. The molecule has 0 unspecified atom stereocenters. The molecule has 0 spiro atoms. The highest BCUT2D eigenvalue weighted by Crippen LogP contribution is 2.26. The minimum atomic E-state index is 0.652. The molecule has 0 aliphatic heterocycles. The third kappa shape index (κ3) is 3.59. The number of benzene rings is 3. The van der Waals surface area contributed by atoms with Gasteiger partial charge in [-0.1, -0.05) is 45.8 Å². The fraction of sp³-hybridized carbons (Fsp3) is 0.0952. The van der Waals surface area contributed by atoms with Crippen LogP contribution in [0, 0.1) is 6.92 Å². The summed E-state index contributed by atoms with van der Waals surface area (Å²) in [5, 5.41) is 3.43. The van der Waals surface area contributed by atoms with Crippen molar-refractivity contribution in [1.29, 1.82) is 0 Å². The zero-order valence-corrected chi connectivity index (χ0v) is 15.4. The Kier molecular flexibility index (Phi) is 4.28. The maximum absolute atomic E-state index is 5.88. The maximum atomic E-state index is 5.88. The van der Waals surface area contributed by atoms with E-state index in [1.54, 1.807) is 0 Å². The maximum Gasteiger partial charge on any atom is 0.227 e. The third-order valence-corrected chi connectivity index (χ3v) is 4.57. The molecular formula is C21H17BrN2O. The van der Waals surface area contributed by atoms with Crippen molar-refractivity contribution in [1.82, 2.24) is 4.98 Å². The molecule has 4 heteroatoms. The monoisotopic (exact) mass is 392 g/mol. The van der Waals surface area contributed by atoms with Crippen LogP contribution < -0.4 is 5.32 Å². The molecule has 1 heterocycles. The molecule has 0 aliphatic rings. The summed E-state index contributed by atoms with van der Waals surface area (Å²) >= 11 is 3.50. The second-order valence-corrected chi connectivity index (χ2v) is 6.97. The minimum Gasteiger partial charge on any atom is -0.436 e. The quantitative estimate of drug-likeness (QED) is 0.450. The second kappa shape index (κ2) is 6.73. The summed E-state index contributed by atoms with van der Waals surface area (Å²) in [5.41, 5.74) is 6.11. The highest BCUT2D eigenvalue weighted by Gasteiger charge is 2.08. The molecule has 3 aromatic carbocycles. The van der Waals surface area contributed by atoms with Crippen LogP contribution in [-0.2, 0) is 6.54 Å². The molecular weight excluding hydrogens is 376 g/mol. The van der Waals surface area contributed by atoms with Crippen molar-refractivity contribution < 1.29 is 4.42 Å². The van der Waals surface area contributed by atoms with E-state index in [2.05, 4.69) is 57.4 Å². The van der Waals surface area contributed by atoms with Gasteiger partial charge in [0.05, 0.1) is 0 Å². The number of nitrogens with one attached hydrogen (secondary N) is 1. The second-order valence-electron chi connectivity index (χ2n) is 6.05. The number of rotatable bonds is 4. The predicted molar refractivity (Wildman–Crippen MR) is 106 cm³/mol. The van der Waals surface area contributed by atoms with Crippen LogP contribution in [0.2, 0.25) is 0 Å². The topological polar surface area (TPSA) is 38.1 Å². The van der Waals surface area contributed by atoms with Crippen LogP contribution >= 0.6 is 15.9 Å². The average Bonchev–Trinajstić information content (AvgIpc) is 3.04. The summed E-state index contributed by atoms with van der Waals surface area (Å²) in [5.74, 6) is 0.652. The van der Waals surface area contributed by atoms with E-state index >= 15 is 0 Å². The first-order chi connectivity index (χ1) is 12.2. The van der Waals surface area contributed by atoms with Crippen molar-refractivity contribution in [2.75, 3.05) is 5.32 Å². The van der Waals surface area contributed by atoms with Crippen LogP contribution in [0.15, 0.2) is 75.6 Å². The van der Waals surface area contributed by atoms with Gasteiger partial charge in [-0.2, -0.15) is 0 Å². The number of nitrogens with zero attached hydrogens (tertiary/aromatic N) is 1. The lowest BCUT2D eigenvalue weighted by atomic mass is 10.1. The lowest BCUT2D eigenvalue weighted by molar-refractivity contribution is 0.620. The molecule has 3 nitrogen and oxygen atoms in total. The highest BCUT2D eigenvalue weighted by molar-refractivity contribution is 9.10. The van der Waals surface area contributed by atoms with E-state index in [9.17, 15) is 0 Å². The molecule has 1 N–H and O–H groups in total. The standard InChI is InChI=1S/C21H17BrN2O/c1-14-5-7-16(8-6-14)21-24-19-12-18(9-10-20(19)25-21)23-13-15-3-2-4-17(22)11-15/h2-12,23H,13H2,1H3. The van der Waals surface area contributed by atoms with Gasteiger partial charge in [0.25, 0.3) is 0 Å². The van der Waals surface area contributed by atoms with Gasteiger partial charge in [0, 0.05) is 22.3 Å². The molecule has 124 valence electrons. The molecule has 4 aromatic rings. The summed E-state index contributed by atoms with van der Waals surface area (Å²) in [7, 11) is 0. The van der Waals surface area contributed by atoms with Crippen LogP contribution in [0.4, 0.5) is 5.69 Å². The first-order valence-corrected chi connectivity index (χ1v) is 8.93. The first-order valence-electron chi connectivity index (χ1n) is 8.13. The van der Waals surface area contributed by atoms with E-state index in [-0.39, 0.29) is 0 Å². The largest absolute Gasteiger partial charge is 0.436 e. The molecule has 0 aliphatic carbocycles. The van der Waals surface area contributed by atoms with Gasteiger partial charge in [0.2, 0.25) is 5.89 Å². The van der Waals surface area contributed by atoms with Crippen molar-refractivity contribution in [3.8, 4) is 11.5 Å². The average molecular weight is 393 g/mol.